The van der Waals surface area contributed by atoms with Crippen LogP contribution >= 0.6 is 0 Å². The van der Waals surface area contributed by atoms with E-state index in [-0.39, 0.29) is 27.1 Å². The predicted molar refractivity (Wildman–Crippen MR) is 250 cm³/mol. The van der Waals surface area contributed by atoms with Gasteiger partial charge in [-0.2, -0.15) is 0 Å². The Bertz CT molecular complexity index is 1760. The molecule has 6 aliphatic rings. The average molecular weight is 791 g/mol. The van der Waals surface area contributed by atoms with Gasteiger partial charge in [0.2, 0.25) is 0 Å². The third kappa shape index (κ3) is 4.92. The third-order valence-corrected chi connectivity index (χ3v) is 19.1. The fraction of sp³-hybridized carbons (Fsp3) is 0.500. The quantitative estimate of drug-likeness (QED) is 0.132. The molecule has 310 valence electrons. The van der Waals surface area contributed by atoms with Gasteiger partial charge < -0.3 is 0 Å². The molecule has 0 bridgehead atoms. The van der Waals surface area contributed by atoms with E-state index in [0.29, 0.717) is 29.6 Å². The zero-order valence-corrected chi connectivity index (χ0v) is 36.5. The Morgan fingerprint density at radius 2 is 0.333 bits per heavy atom. The summed E-state index contributed by atoms with van der Waals surface area (Å²) in [6, 6.07) is 63.9. The van der Waals surface area contributed by atoms with Crippen LogP contribution in [0.1, 0.15) is 156 Å². The van der Waals surface area contributed by atoms with Gasteiger partial charge in [-0.25, -0.2) is 0 Å². The minimum atomic E-state index is -0.179. The summed E-state index contributed by atoms with van der Waals surface area (Å²) in [6.07, 6.45) is 26.9. The van der Waals surface area contributed by atoms with E-state index in [1.54, 1.807) is 27.8 Å². The maximum absolute atomic E-state index is 2.73. The Morgan fingerprint density at radius 3 is 0.467 bits per heavy atom. The molecule has 60 heavy (non-hydrogen) atoms. The van der Waals surface area contributed by atoms with Crippen molar-refractivity contribution in [3.05, 3.63) is 179 Å². The lowest BCUT2D eigenvalue weighted by Gasteiger charge is -2.65. The number of hydrogen-bond donors (Lipinski definition) is 0. The van der Waals surface area contributed by atoms with E-state index in [0.717, 1.165) is 0 Å². The maximum Gasteiger partial charge on any atom is 0.0198 e. The van der Waals surface area contributed by atoms with Gasteiger partial charge in [0.1, 0.15) is 0 Å². The van der Waals surface area contributed by atoms with Crippen LogP contribution in [0.15, 0.2) is 152 Å². The molecule has 6 fully saturated rings. The fourth-order valence-corrected chi connectivity index (χ4v) is 18.5. The van der Waals surface area contributed by atoms with Crippen LogP contribution in [0.2, 0.25) is 0 Å². The van der Waals surface area contributed by atoms with E-state index in [2.05, 4.69) is 152 Å². The molecule has 0 heteroatoms. The van der Waals surface area contributed by atoms with Gasteiger partial charge in [0.25, 0.3) is 0 Å². The molecule has 0 amide bonds. The molecule has 0 heterocycles. The highest BCUT2D eigenvalue weighted by Crippen LogP contribution is 2.90. The van der Waals surface area contributed by atoms with Crippen LogP contribution in [0.5, 0.6) is 0 Å². The Balaban J connectivity index is 1.54. The SMILES string of the molecule is c1ccc(C2(C3CCCC3)C(c3ccccc3)(C3CCCC3)C(c3ccccc3)(C3CCCC3)C(c3ccccc3)(C3CCCC3)C2(c2ccccc2)C2CCCC2)cc1. The molecule has 0 nitrogen and oxygen atoms in total. The third-order valence-electron chi connectivity index (χ3n) is 19.1. The first-order valence-corrected chi connectivity index (χ1v) is 25.1. The molecule has 0 atom stereocenters. The second kappa shape index (κ2) is 15.8. The lowest BCUT2D eigenvalue weighted by molar-refractivity contribution is -0.00973. The minimum Gasteiger partial charge on any atom is -0.0622 e. The predicted octanol–water partition coefficient (Wildman–Crippen LogP) is 15.6. The van der Waals surface area contributed by atoms with Gasteiger partial charge in [-0.05, 0) is 122 Å². The van der Waals surface area contributed by atoms with E-state index >= 15 is 0 Å². The van der Waals surface area contributed by atoms with Crippen LogP contribution < -0.4 is 0 Å². The average Bonchev–Trinajstić information content (AvgIpc) is 4.17. The zero-order valence-electron chi connectivity index (χ0n) is 36.5. The molecule has 6 aliphatic carbocycles. The first-order valence-electron chi connectivity index (χ1n) is 25.1. The van der Waals surface area contributed by atoms with Crippen molar-refractivity contribution in [1.82, 2.24) is 0 Å². The molecule has 6 saturated carbocycles. The number of benzene rings is 5. The molecule has 0 radical (unpaired) electrons. The van der Waals surface area contributed by atoms with E-state index < -0.39 is 0 Å². The van der Waals surface area contributed by atoms with Crippen molar-refractivity contribution in [2.45, 2.75) is 155 Å². The summed E-state index contributed by atoms with van der Waals surface area (Å²) < 4.78 is 0. The van der Waals surface area contributed by atoms with Gasteiger partial charge in [0.15, 0.2) is 0 Å². The van der Waals surface area contributed by atoms with Gasteiger partial charge in [-0.3, -0.25) is 0 Å². The molecule has 0 aliphatic heterocycles. The highest BCUT2D eigenvalue weighted by molar-refractivity contribution is 5.69. The van der Waals surface area contributed by atoms with Crippen molar-refractivity contribution >= 4 is 0 Å². The summed E-state index contributed by atoms with van der Waals surface area (Å²) in [5.41, 5.74) is 7.56. The van der Waals surface area contributed by atoms with Crippen molar-refractivity contribution in [2.24, 2.45) is 29.6 Å². The van der Waals surface area contributed by atoms with Crippen molar-refractivity contribution in [1.29, 1.82) is 0 Å². The minimum absolute atomic E-state index is 0.179. The molecule has 5 aromatic carbocycles. The van der Waals surface area contributed by atoms with Crippen molar-refractivity contribution < 1.29 is 0 Å². The van der Waals surface area contributed by atoms with Crippen molar-refractivity contribution in [3.63, 3.8) is 0 Å². The number of rotatable bonds is 10. The molecule has 0 spiro atoms. The van der Waals surface area contributed by atoms with Gasteiger partial charge in [0, 0.05) is 27.1 Å². The molecule has 0 N–H and O–H groups in total. The molecule has 0 unspecified atom stereocenters. The molecular weight excluding hydrogens is 721 g/mol. The molecule has 0 saturated heterocycles. The molecule has 11 rings (SSSR count). The first kappa shape index (κ1) is 39.0. The van der Waals surface area contributed by atoms with Crippen LogP contribution in [0.25, 0.3) is 0 Å². The van der Waals surface area contributed by atoms with Crippen molar-refractivity contribution in [2.75, 3.05) is 0 Å². The summed E-state index contributed by atoms with van der Waals surface area (Å²) in [6.45, 7) is 0. The van der Waals surface area contributed by atoms with Crippen LogP contribution in [-0.2, 0) is 27.1 Å². The van der Waals surface area contributed by atoms with Crippen LogP contribution in [-0.4, -0.2) is 0 Å². The lowest BCUT2D eigenvalue weighted by Crippen LogP contribution is -2.68. The standard InChI is InChI=1S/C60H70/c1-6-26-46(27-7-1)56(51-36-16-17-37-51)57(52-38-18-19-39-52,47-28-8-2-9-29-47)59(54-42-22-23-43-54,49-32-12-4-13-33-49)60(55-44-24-25-45-55,50-34-14-5-15-35-50)58(56,53-40-20-21-41-53)48-30-10-3-11-31-48/h1-15,26-35,51-55H,16-25,36-45H2. The largest absolute Gasteiger partial charge is 0.0622 e. The van der Waals surface area contributed by atoms with Gasteiger partial charge >= 0.3 is 0 Å². The van der Waals surface area contributed by atoms with Gasteiger partial charge in [-0.15, -0.1) is 0 Å². The van der Waals surface area contributed by atoms with Gasteiger partial charge in [0.05, 0.1) is 0 Å². The molecule has 5 aromatic rings. The fourth-order valence-electron chi connectivity index (χ4n) is 18.5. The van der Waals surface area contributed by atoms with E-state index in [1.807, 2.05) is 0 Å². The highest BCUT2D eigenvalue weighted by Gasteiger charge is 2.92. The highest BCUT2D eigenvalue weighted by atomic mass is 14.9. The second-order valence-corrected chi connectivity index (χ2v) is 20.8. The van der Waals surface area contributed by atoms with Crippen molar-refractivity contribution in [3.8, 4) is 0 Å². The topological polar surface area (TPSA) is 0 Å². The van der Waals surface area contributed by atoms with E-state index in [1.165, 1.54) is 128 Å². The van der Waals surface area contributed by atoms with Gasteiger partial charge in [-0.1, -0.05) is 216 Å². The summed E-state index contributed by atoms with van der Waals surface area (Å²) >= 11 is 0. The Labute approximate surface area is 363 Å². The zero-order chi connectivity index (χ0) is 40.1. The Kier molecular flexibility index (Phi) is 10.3. The smallest absolute Gasteiger partial charge is 0.0198 e. The van der Waals surface area contributed by atoms with E-state index in [9.17, 15) is 0 Å². The van der Waals surface area contributed by atoms with Crippen LogP contribution in [0, 0.1) is 29.6 Å². The van der Waals surface area contributed by atoms with E-state index in [4.69, 9.17) is 0 Å². The first-order chi connectivity index (χ1) is 29.8. The summed E-state index contributed by atoms with van der Waals surface area (Å²) in [7, 11) is 0. The summed E-state index contributed by atoms with van der Waals surface area (Å²) in [5, 5.41) is 0. The Morgan fingerprint density at radius 1 is 0.200 bits per heavy atom. The molecular formula is C60H70. The maximum atomic E-state index is 2.73. The lowest BCUT2D eigenvalue weighted by atomic mass is 9.36. The summed E-state index contributed by atoms with van der Waals surface area (Å²) in [4.78, 5) is 0. The monoisotopic (exact) mass is 791 g/mol. The molecule has 0 aromatic heterocycles. The second-order valence-electron chi connectivity index (χ2n) is 20.8. The Hall–Kier alpha value is -3.90. The van der Waals surface area contributed by atoms with Crippen LogP contribution in [0.3, 0.4) is 0 Å². The summed E-state index contributed by atoms with van der Waals surface area (Å²) in [5.74, 6) is 2.84. The number of hydrogen-bond acceptors (Lipinski definition) is 0. The van der Waals surface area contributed by atoms with Crippen LogP contribution in [0.4, 0.5) is 0 Å². The normalized spacial score (nSPS) is 33.3.